The summed E-state index contributed by atoms with van der Waals surface area (Å²) in [5, 5.41) is 0. The molecule has 0 aromatic carbocycles. The standard InChI is InChI=1S/C18H39N/c1-8-9-15(4)10-16(5)11-17(6)13-18(7,19)12-14(2)3/h14-17H,8-13,19H2,1-7H3. The molecule has 4 atom stereocenters. The molecule has 1 nitrogen and oxygen atoms in total. The molecular formula is C18H39N. The maximum Gasteiger partial charge on any atom is 0.0130 e. The molecule has 116 valence electrons. The van der Waals surface area contributed by atoms with Gasteiger partial charge in [-0.3, -0.25) is 0 Å². The highest BCUT2D eigenvalue weighted by Gasteiger charge is 2.24. The van der Waals surface area contributed by atoms with Crippen molar-refractivity contribution in [3.05, 3.63) is 0 Å². The molecule has 0 aromatic heterocycles. The number of nitrogens with two attached hydrogens (primary N) is 1. The van der Waals surface area contributed by atoms with Gasteiger partial charge in [-0.1, -0.05) is 54.4 Å². The van der Waals surface area contributed by atoms with Crippen molar-refractivity contribution in [2.24, 2.45) is 29.4 Å². The van der Waals surface area contributed by atoms with Gasteiger partial charge >= 0.3 is 0 Å². The highest BCUT2D eigenvalue weighted by Crippen LogP contribution is 2.28. The first kappa shape index (κ1) is 19.0. The predicted molar refractivity (Wildman–Crippen MR) is 88.3 cm³/mol. The molecule has 0 saturated carbocycles. The molecule has 0 amide bonds. The zero-order valence-corrected chi connectivity index (χ0v) is 14.6. The summed E-state index contributed by atoms with van der Waals surface area (Å²) in [5.74, 6) is 3.17. The maximum absolute atomic E-state index is 6.44. The van der Waals surface area contributed by atoms with Crippen LogP contribution in [0.15, 0.2) is 0 Å². The summed E-state index contributed by atoms with van der Waals surface area (Å²) in [7, 11) is 0. The summed E-state index contributed by atoms with van der Waals surface area (Å²) in [6.45, 7) is 16.3. The van der Waals surface area contributed by atoms with Crippen molar-refractivity contribution in [2.75, 3.05) is 0 Å². The summed E-state index contributed by atoms with van der Waals surface area (Å²) in [6.07, 6.45) is 7.71. The van der Waals surface area contributed by atoms with Gasteiger partial charge in [0.25, 0.3) is 0 Å². The first-order valence-electron chi connectivity index (χ1n) is 8.45. The fraction of sp³-hybridized carbons (Fsp3) is 1.00. The average Bonchev–Trinajstić information content (AvgIpc) is 2.12. The smallest absolute Gasteiger partial charge is 0.0130 e. The van der Waals surface area contributed by atoms with E-state index >= 15 is 0 Å². The van der Waals surface area contributed by atoms with Gasteiger partial charge in [0.1, 0.15) is 0 Å². The SMILES string of the molecule is CCCC(C)CC(C)CC(C)CC(C)(N)CC(C)C. The molecular weight excluding hydrogens is 230 g/mol. The van der Waals surface area contributed by atoms with E-state index in [1.807, 2.05) is 0 Å². The topological polar surface area (TPSA) is 26.0 Å². The second-order valence-corrected chi connectivity index (χ2v) is 8.03. The van der Waals surface area contributed by atoms with E-state index in [0.29, 0.717) is 5.92 Å². The first-order valence-corrected chi connectivity index (χ1v) is 8.45. The monoisotopic (exact) mass is 269 g/mol. The van der Waals surface area contributed by atoms with Crippen molar-refractivity contribution < 1.29 is 0 Å². The molecule has 1 heteroatoms. The lowest BCUT2D eigenvalue weighted by Crippen LogP contribution is -2.39. The zero-order valence-electron chi connectivity index (χ0n) is 14.6. The van der Waals surface area contributed by atoms with E-state index in [1.165, 1.54) is 25.7 Å². The minimum Gasteiger partial charge on any atom is -0.325 e. The molecule has 0 bridgehead atoms. The lowest BCUT2D eigenvalue weighted by molar-refractivity contribution is 0.258. The van der Waals surface area contributed by atoms with Gasteiger partial charge in [-0.25, -0.2) is 0 Å². The van der Waals surface area contributed by atoms with Crippen LogP contribution < -0.4 is 5.73 Å². The van der Waals surface area contributed by atoms with Crippen molar-refractivity contribution in [1.29, 1.82) is 0 Å². The minimum atomic E-state index is 0.0162. The minimum absolute atomic E-state index is 0.0162. The quantitative estimate of drug-likeness (QED) is 0.546. The first-order chi connectivity index (χ1) is 8.66. The van der Waals surface area contributed by atoms with E-state index in [0.717, 1.165) is 30.6 Å². The van der Waals surface area contributed by atoms with Crippen LogP contribution in [0.25, 0.3) is 0 Å². The molecule has 2 N–H and O–H groups in total. The molecule has 0 aromatic rings. The second-order valence-electron chi connectivity index (χ2n) is 8.03. The van der Waals surface area contributed by atoms with Crippen LogP contribution in [0, 0.1) is 23.7 Å². The number of hydrogen-bond acceptors (Lipinski definition) is 1. The van der Waals surface area contributed by atoms with Crippen LogP contribution in [0.3, 0.4) is 0 Å². The van der Waals surface area contributed by atoms with Crippen LogP contribution in [-0.4, -0.2) is 5.54 Å². The number of rotatable bonds is 10. The normalized spacial score (nSPS) is 20.1. The largest absolute Gasteiger partial charge is 0.325 e. The zero-order chi connectivity index (χ0) is 15.1. The molecule has 0 saturated heterocycles. The van der Waals surface area contributed by atoms with Gasteiger partial charge in [-0.15, -0.1) is 0 Å². The molecule has 0 aliphatic heterocycles. The van der Waals surface area contributed by atoms with Gasteiger partial charge < -0.3 is 5.73 Å². The Kier molecular flexibility index (Phi) is 8.98. The molecule has 4 unspecified atom stereocenters. The van der Waals surface area contributed by atoms with Crippen molar-refractivity contribution in [2.45, 2.75) is 92.5 Å². The second kappa shape index (κ2) is 9.00. The summed E-state index contributed by atoms with van der Waals surface area (Å²) in [6, 6.07) is 0. The third kappa shape index (κ3) is 10.4. The Morgan fingerprint density at radius 3 is 1.84 bits per heavy atom. The van der Waals surface area contributed by atoms with E-state index in [-0.39, 0.29) is 5.54 Å². The van der Waals surface area contributed by atoms with Gasteiger partial charge in [-0.2, -0.15) is 0 Å². The maximum atomic E-state index is 6.44. The lowest BCUT2D eigenvalue weighted by Gasteiger charge is -2.31. The summed E-state index contributed by atoms with van der Waals surface area (Å²) in [4.78, 5) is 0. The molecule has 0 aliphatic carbocycles. The summed E-state index contributed by atoms with van der Waals surface area (Å²) < 4.78 is 0. The Morgan fingerprint density at radius 1 is 0.842 bits per heavy atom. The van der Waals surface area contributed by atoms with Crippen LogP contribution in [0.1, 0.15) is 87.0 Å². The van der Waals surface area contributed by atoms with Crippen LogP contribution in [0.4, 0.5) is 0 Å². The third-order valence-electron chi connectivity index (χ3n) is 4.08. The summed E-state index contributed by atoms with van der Waals surface area (Å²) in [5.41, 5.74) is 6.46. The van der Waals surface area contributed by atoms with Gasteiger partial charge in [0, 0.05) is 5.54 Å². The Balaban J connectivity index is 4.05. The fourth-order valence-corrected chi connectivity index (χ4v) is 3.98. The predicted octanol–water partition coefficient (Wildman–Crippen LogP) is 5.63. The Labute approximate surface area is 122 Å². The van der Waals surface area contributed by atoms with Crippen molar-refractivity contribution in [3.8, 4) is 0 Å². The molecule has 0 spiro atoms. The fourth-order valence-electron chi connectivity index (χ4n) is 3.98. The van der Waals surface area contributed by atoms with Crippen molar-refractivity contribution in [1.82, 2.24) is 0 Å². The van der Waals surface area contributed by atoms with E-state index < -0.39 is 0 Å². The van der Waals surface area contributed by atoms with Crippen molar-refractivity contribution in [3.63, 3.8) is 0 Å². The van der Waals surface area contributed by atoms with Crippen LogP contribution >= 0.6 is 0 Å². The van der Waals surface area contributed by atoms with Gasteiger partial charge in [0.2, 0.25) is 0 Å². The Morgan fingerprint density at radius 2 is 1.37 bits per heavy atom. The molecule has 0 rings (SSSR count). The van der Waals surface area contributed by atoms with E-state index in [9.17, 15) is 0 Å². The highest BCUT2D eigenvalue weighted by atomic mass is 14.7. The molecule has 0 heterocycles. The molecule has 0 fully saturated rings. The van der Waals surface area contributed by atoms with Crippen LogP contribution in [0.5, 0.6) is 0 Å². The van der Waals surface area contributed by atoms with Gasteiger partial charge in [0.15, 0.2) is 0 Å². The third-order valence-corrected chi connectivity index (χ3v) is 4.08. The highest BCUT2D eigenvalue weighted by molar-refractivity contribution is 4.82. The molecule has 0 radical (unpaired) electrons. The average molecular weight is 270 g/mol. The molecule has 19 heavy (non-hydrogen) atoms. The van der Waals surface area contributed by atoms with Gasteiger partial charge in [0.05, 0.1) is 0 Å². The van der Waals surface area contributed by atoms with Gasteiger partial charge in [-0.05, 0) is 56.3 Å². The van der Waals surface area contributed by atoms with E-state index in [2.05, 4.69) is 48.5 Å². The lowest BCUT2D eigenvalue weighted by atomic mass is 9.79. The van der Waals surface area contributed by atoms with E-state index in [1.54, 1.807) is 0 Å². The van der Waals surface area contributed by atoms with E-state index in [4.69, 9.17) is 5.73 Å². The Bertz CT molecular complexity index is 220. The summed E-state index contributed by atoms with van der Waals surface area (Å²) >= 11 is 0. The Hall–Kier alpha value is -0.0400. The van der Waals surface area contributed by atoms with Crippen LogP contribution in [-0.2, 0) is 0 Å². The van der Waals surface area contributed by atoms with Crippen molar-refractivity contribution >= 4 is 0 Å². The number of hydrogen-bond donors (Lipinski definition) is 1. The molecule has 0 aliphatic rings. The van der Waals surface area contributed by atoms with Crippen LogP contribution in [0.2, 0.25) is 0 Å².